The summed E-state index contributed by atoms with van der Waals surface area (Å²) in [6.45, 7) is -0.631. The minimum atomic E-state index is -4.07. The highest BCUT2D eigenvalue weighted by molar-refractivity contribution is 7.89. The number of benzene rings is 3. The number of sulfonamides is 1. The highest BCUT2D eigenvalue weighted by Gasteiger charge is 2.27. The van der Waals surface area contributed by atoms with E-state index in [4.69, 9.17) is 11.6 Å². The van der Waals surface area contributed by atoms with Crippen LogP contribution in [0.5, 0.6) is 0 Å². The van der Waals surface area contributed by atoms with Gasteiger partial charge in [0.1, 0.15) is 17.3 Å². The molecule has 9 heteroatoms. The van der Waals surface area contributed by atoms with Gasteiger partial charge in [0.05, 0.1) is 11.4 Å². The normalized spacial score (nSPS) is 11.5. The van der Waals surface area contributed by atoms with Crippen LogP contribution in [0.1, 0.15) is 5.56 Å². The van der Waals surface area contributed by atoms with Gasteiger partial charge >= 0.3 is 0 Å². The Hall–Kier alpha value is -2.81. The molecule has 0 radical (unpaired) electrons. The van der Waals surface area contributed by atoms with Crippen molar-refractivity contribution in [1.29, 1.82) is 0 Å². The number of carbonyl (C=O) groups is 1. The Balaban J connectivity index is 1.84. The molecular formula is C22H19ClF2N2O3S. The number of nitrogens with one attached hydrogen (secondary N) is 1. The van der Waals surface area contributed by atoms with Crippen LogP contribution in [0.15, 0.2) is 77.7 Å². The molecule has 0 aliphatic heterocycles. The Labute approximate surface area is 184 Å². The maximum Gasteiger partial charge on any atom is 0.243 e. The van der Waals surface area contributed by atoms with Crippen molar-refractivity contribution >= 4 is 33.2 Å². The van der Waals surface area contributed by atoms with Crippen molar-refractivity contribution in [2.24, 2.45) is 0 Å². The lowest BCUT2D eigenvalue weighted by molar-refractivity contribution is -0.116. The molecule has 0 aliphatic rings. The lowest BCUT2D eigenvalue weighted by Gasteiger charge is -2.22. The standard InChI is InChI=1S/C22H19ClF2N2O3S/c23-17-9-11-18(12-10-17)31(29,30)27(14-13-16-5-2-1-3-6-16)15-21(28)26-22-19(24)7-4-8-20(22)25/h1-12H,13-15H2,(H,26,28). The second kappa shape index (κ2) is 10.00. The smallest absolute Gasteiger partial charge is 0.243 e. The lowest BCUT2D eigenvalue weighted by atomic mass is 10.1. The molecule has 0 aromatic heterocycles. The Morgan fingerprint density at radius 3 is 2.13 bits per heavy atom. The first kappa shape index (κ1) is 22.9. The predicted molar refractivity (Wildman–Crippen MR) is 115 cm³/mol. The van der Waals surface area contributed by atoms with Crippen LogP contribution >= 0.6 is 11.6 Å². The van der Waals surface area contributed by atoms with Crippen LogP contribution in [0.3, 0.4) is 0 Å². The quantitative estimate of drug-likeness (QED) is 0.534. The first-order valence-electron chi connectivity index (χ1n) is 9.31. The Kier molecular flexibility index (Phi) is 7.37. The third-order valence-electron chi connectivity index (χ3n) is 4.49. The van der Waals surface area contributed by atoms with Gasteiger partial charge < -0.3 is 5.32 Å². The number of para-hydroxylation sites is 1. The second-order valence-electron chi connectivity index (χ2n) is 6.67. The lowest BCUT2D eigenvalue weighted by Crippen LogP contribution is -2.39. The van der Waals surface area contributed by atoms with E-state index in [0.29, 0.717) is 11.4 Å². The molecular weight excluding hydrogens is 446 g/mol. The van der Waals surface area contributed by atoms with Crippen LogP contribution < -0.4 is 5.32 Å². The highest BCUT2D eigenvalue weighted by Crippen LogP contribution is 2.21. The van der Waals surface area contributed by atoms with Crippen LogP contribution in [0.4, 0.5) is 14.5 Å². The van der Waals surface area contributed by atoms with Gasteiger partial charge in [-0.15, -0.1) is 0 Å². The van der Waals surface area contributed by atoms with E-state index in [1.807, 2.05) is 30.3 Å². The molecule has 0 unspecified atom stereocenters. The first-order chi connectivity index (χ1) is 14.8. The summed E-state index contributed by atoms with van der Waals surface area (Å²) in [4.78, 5) is 12.5. The van der Waals surface area contributed by atoms with Gasteiger partial charge in [0.15, 0.2) is 0 Å². The molecule has 162 valence electrons. The minimum Gasteiger partial charge on any atom is -0.320 e. The second-order valence-corrected chi connectivity index (χ2v) is 9.05. The van der Waals surface area contributed by atoms with Gasteiger partial charge in [0.25, 0.3) is 0 Å². The molecule has 3 rings (SSSR count). The Morgan fingerprint density at radius 2 is 1.52 bits per heavy atom. The molecule has 0 heterocycles. The molecule has 0 spiro atoms. The van der Waals surface area contributed by atoms with Gasteiger partial charge in [-0.2, -0.15) is 4.31 Å². The SMILES string of the molecule is O=C(CN(CCc1ccccc1)S(=O)(=O)c1ccc(Cl)cc1)Nc1c(F)cccc1F. The number of hydrogen-bond donors (Lipinski definition) is 1. The summed E-state index contributed by atoms with van der Waals surface area (Å²) in [5.41, 5.74) is 0.249. The van der Waals surface area contributed by atoms with Crippen LogP contribution in [-0.2, 0) is 21.2 Å². The molecule has 5 nitrogen and oxygen atoms in total. The number of amides is 1. The zero-order chi connectivity index (χ0) is 22.4. The molecule has 3 aromatic carbocycles. The van der Waals surface area contributed by atoms with Crippen molar-refractivity contribution in [3.8, 4) is 0 Å². The topological polar surface area (TPSA) is 66.5 Å². The summed E-state index contributed by atoms with van der Waals surface area (Å²) in [7, 11) is -4.07. The molecule has 0 bridgehead atoms. The maximum atomic E-state index is 13.9. The maximum absolute atomic E-state index is 13.9. The fourth-order valence-electron chi connectivity index (χ4n) is 2.89. The number of anilines is 1. The molecule has 0 saturated carbocycles. The van der Waals surface area contributed by atoms with Crippen LogP contribution in [0, 0.1) is 11.6 Å². The fourth-order valence-corrected chi connectivity index (χ4v) is 4.42. The molecule has 1 N–H and O–H groups in total. The van der Waals surface area contributed by atoms with Crippen LogP contribution in [-0.4, -0.2) is 31.7 Å². The average Bonchev–Trinajstić information content (AvgIpc) is 2.75. The van der Waals surface area contributed by atoms with E-state index in [0.717, 1.165) is 28.1 Å². The van der Waals surface area contributed by atoms with E-state index in [9.17, 15) is 22.0 Å². The number of carbonyl (C=O) groups excluding carboxylic acids is 1. The predicted octanol–water partition coefficient (Wildman–Crippen LogP) is 4.49. The van der Waals surface area contributed by atoms with E-state index in [-0.39, 0.29) is 11.4 Å². The van der Waals surface area contributed by atoms with Gasteiger partial charge in [0, 0.05) is 11.6 Å². The molecule has 0 fully saturated rings. The van der Waals surface area contributed by atoms with Crippen molar-refractivity contribution in [2.45, 2.75) is 11.3 Å². The summed E-state index contributed by atoms with van der Waals surface area (Å²) < 4.78 is 55.0. The van der Waals surface area contributed by atoms with Gasteiger partial charge in [0.2, 0.25) is 15.9 Å². The summed E-state index contributed by atoms with van der Waals surface area (Å²) in [6, 6.07) is 17.8. The summed E-state index contributed by atoms with van der Waals surface area (Å²) in [6.07, 6.45) is 0.342. The van der Waals surface area contributed by atoms with Gasteiger partial charge in [-0.1, -0.05) is 48.0 Å². The highest BCUT2D eigenvalue weighted by atomic mass is 35.5. The number of nitrogens with zero attached hydrogens (tertiary/aromatic N) is 1. The molecule has 31 heavy (non-hydrogen) atoms. The van der Waals surface area contributed by atoms with E-state index in [1.165, 1.54) is 24.3 Å². The first-order valence-corrected chi connectivity index (χ1v) is 11.1. The molecule has 3 aromatic rings. The van der Waals surface area contributed by atoms with Gasteiger partial charge in [-0.25, -0.2) is 17.2 Å². The largest absolute Gasteiger partial charge is 0.320 e. The van der Waals surface area contributed by atoms with Gasteiger partial charge in [-0.05, 0) is 48.4 Å². The molecule has 0 aliphatic carbocycles. The summed E-state index contributed by atoms with van der Waals surface area (Å²) in [5.74, 6) is -2.77. The number of rotatable bonds is 8. The van der Waals surface area contributed by atoms with Crippen molar-refractivity contribution in [2.75, 3.05) is 18.4 Å². The summed E-state index contributed by atoms with van der Waals surface area (Å²) >= 11 is 5.84. The summed E-state index contributed by atoms with van der Waals surface area (Å²) in [5, 5.41) is 2.49. The van der Waals surface area contributed by atoms with E-state index < -0.39 is 39.8 Å². The van der Waals surface area contributed by atoms with Crippen molar-refractivity contribution in [3.05, 3.63) is 95.0 Å². The van der Waals surface area contributed by atoms with E-state index >= 15 is 0 Å². The monoisotopic (exact) mass is 464 g/mol. The third kappa shape index (κ3) is 5.88. The van der Waals surface area contributed by atoms with Crippen LogP contribution in [0.2, 0.25) is 5.02 Å². The molecule has 0 saturated heterocycles. The average molecular weight is 465 g/mol. The number of halogens is 3. The Bertz CT molecular complexity index is 1140. The number of hydrogen-bond acceptors (Lipinski definition) is 3. The molecule has 1 amide bonds. The zero-order valence-electron chi connectivity index (χ0n) is 16.3. The third-order valence-corrected chi connectivity index (χ3v) is 6.60. The van der Waals surface area contributed by atoms with Crippen molar-refractivity contribution < 1.29 is 22.0 Å². The fraction of sp³-hybridized carbons (Fsp3) is 0.136. The molecule has 0 atom stereocenters. The Morgan fingerprint density at radius 1 is 0.903 bits per heavy atom. The van der Waals surface area contributed by atoms with Gasteiger partial charge in [-0.3, -0.25) is 4.79 Å². The zero-order valence-corrected chi connectivity index (χ0v) is 17.8. The van der Waals surface area contributed by atoms with Crippen LogP contribution in [0.25, 0.3) is 0 Å². The minimum absolute atomic E-state index is 0.0118. The van der Waals surface area contributed by atoms with E-state index in [2.05, 4.69) is 5.32 Å². The van der Waals surface area contributed by atoms with Crippen molar-refractivity contribution in [1.82, 2.24) is 4.31 Å². The van der Waals surface area contributed by atoms with Crippen molar-refractivity contribution in [3.63, 3.8) is 0 Å². The van der Waals surface area contributed by atoms with E-state index in [1.54, 1.807) is 0 Å².